The summed E-state index contributed by atoms with van der Waals surface area (Å²) in [6.45, 7) is 10.2. The van der Waals surface area contributed by atoms with Crippen molar-refractivity contribution in [3.8, 4) is 0 Å². The highest BCUT2D eigenvalue weighted by Crippen LogP contribution is 2.33. The van der Waals surface area contributed by atoms with Gasteiger partial charge in [-0.2, -0.15) is 8.78 Å². The highest BCUT2D eigenvalue weighted by Gasteiger charge is 2.49. The Morgan fingerprint density at radius 1 is 1.21 bits per heavy atom. The number of ether oxygens (including phenoxy) is 1. The molecule has 0 aromatic heterocycles. The van der Waals surface area contributed by atoms with E-state index in [-0.39, 0.29) is 12.0 Å². The summed E-state index contributed by atoms with van der Waals surface area (Å²) in [5, 5.41) is 0. The topological polar surface area (TPSA) is 43.4 Å². The summed E-state index contributed by atoms with van der Waals surface area (Å²) in [5.74, 6) is -6.07. The Labute approximate surface area is 141 Å². The average molecular weight is 336 g/mol. The number of esters is 1. The fraction of sp³-hybridized carbons (Fsp3) is 0.368. The van der Waals surface area contributed by atoms with Crippen molar-refractivity contribution >= 4 is 11.8 Å². The third kappa shape index (κ3) is 5.11. The number of benzene rings is 1. The molecule has 5 heteroatoms. The van der Waals surface area contributed by atoms with Gasteiger partial charge in [0.15, 0.2) is 6.10 Å². The Balaban J connectivity index is 2.88. The minimum absolute atomic E-state index is 0.125. The van der Waals surface area contributed by atoms with Crippen molar-refractivity contribution in [3.63, 3.8) is 0 Å². The summed E-state index contributed by atoms with van der Waals surface area (Å²) < 4.78 is 33.6. The van der Waals surface area contributed by atoms with Gasteiger partial charge in [-0.25, -0.2) is 4.79 Å². The van der Waals surface area contributed by atoms with Crippen LogP contribution in [0.1, 0.15) is 37.0 Å². The summed E-state index contributed by atoms with van der Waals surface area (Å²) >= 11 is 0. The van der Waals surface area contributed by atoms with Gasteiger partial charge in [0.25, 0.3) is 0 Å². The minimum atomic E-state index is -3.84. The van der Waals surface area contributed by atoms with Gasteiger partial charge in [0.2, 0.25) is 5.78 Å². The number of Topliss-reactive ketones (excluding diaryl/α,β-unsaturated/α-hetero) is 1. The van der Waals surface area contributed by atoms with E-state index in [9.17, 15) is 18.4 Å². The van der Waals surface area contributed by atoms with Crippen LogP contribution in [0.3, 0.4) is 0 Å². The first kappa shape index (κ1) is 19.7. The monoisotopic (exact) mass is 336 g/mol. The Kier molecular flexibility index (Phi) is 6.58. The van der Waals surface area contributed by atoms with Crippen LogP contribution in [0.15, 0.2) is 55.6 Å². The molecule has 0 amide bonds. The number of alkyl halides is 2. The molecule has 0 fully saturated rings. The molecule has 24 heavy (non-hydrogen) atoms. The zero-order valence-corrected chi connectivity index (χ0v) is 13.9. The van der Waals surface area contributed by atoms with E-state index in [1.54, 1.807) is 38.1 Å². The molecule has 0 spiro atoms. The minimum Gasteiger partial charge on any atom is -0.448 e. The fourth-order valence-corrected chi connectivity index (χ4v) is 2.20. The van der Waals surface area contributed by atoms with Gasteiger partial charge in [-0.1, -0.05) is 44.7 Å². The summed E-state index contributed by atoms with van der Waals surface area (Å²) in [6.07, 6.45) is 0.388. The zero-order chi connectivity index (χ0) is 18.4. The molecule has 130 valence electrons. The van der Waals surface area contributed by atoms with Crippen LogP contribution in [0.4, 0.5) is 8.78 Å². The average Bonchev–Trinajstić information content (AvgIpc) is 2.52. The van der Waals surface area contributed by atoms with Gasteiger partial charge in [0.1, 0.15) is 0 Å². The lowest BCUT2D eigenvalue weighted by atomic mass is 9.82. The van der Waals surface area contributed by atoms with Gasteiger partial charge in [0.05, 0.1) is 5.56 Å². The second kappa shape index (κ2) is 7.99. The fourth-order valence-electron chi connectivity index (χ4n) is 2.20. The van der Waals surface area contributed by atoms with E-state index >= 15 is 0 Å². The van der Waals surface area contributed by atoms with Crippen LogP contribution in [0.25, 0.3) is 0 Å². The maximum atomic E-state index is 14.4. The second-order valence-corrected chi connectivity index (χ2v) is 6.31. The number of hydrogen-bond acceptors (Lipinski definition) is 3. The highest BCUT2D eigenvalue weighted by atomic mass is 19.3. The van der Waals surface area contributed by atoms with E-state index < -0.39 is 29.2 Å². The molecule has 0 bridgehead atoms. The van der Waals surface area contributed by atoms with Crippen LogP contribution in [0.2, 0.25) is 0 Å². The van der Waals surface area contributed by atoms with Gasteiger partial charge in [-0.05, 0) is 30.0 Å². The van der Waals surface area contributed by atoms with E-state index in [1.165, 1.54) is 12.1 Å². The third-order valence-corrected chi connectivity index (χ3v) is 3.52. The summed E-state index contributed by atoms with van der Waals surface area (Å²) in [7, 11) is 0. The SMILES string of the molecule is C=CCC(C)(C)CC(=O)C(F)(F)C(C=C)OC(=O)c1ccccc1. The molecule has 0 radical (unpaired) electrons. The van der Waals surface area contributed by atoms with E-state index in [2.05, 4.69) is 13.2 Å². The zero-order valence-electron chi connectivity index (χ0n) is 13.9. The lowest BCUT2D eigenvalue weighted by molar-refractivity contribution is -0.158. The molecule has 1 aromatic carbocycles. The molecule has 1 aromatic rings. The quantitative estimate of drug-likeness (QED) is 0.489. The first-order valence-corrected chi connectivity index (χ1v) is 7.54. The van der Waals surface area contributed by atoms with Gasteiger partial charge < -0.3 is 4.74 Å². The number of rotatable bonds is 9. The summed E-state index contributed by atoms with van der Waals surface area (Å²) in [4.78, 5) is 24.0. The summed E-state index contributed by atoms with van der Waals surface area (Å²) in [5.41, 5.74) is -0.531. The van der Waals surface area contributed by atoms with Crippen LogP contribution >= 0.6 is 0 Å². The Morgan fingerprint density at radius 2 is 1.79 bits per heavy atom. The van der Waals surface area contributed by atoms with E-state index in [4.69, 9.17) is 4.74 Å². The molecule has 0 N–H and O–H groups in total. The first-order valence-electron chi connectivity index (χ1n) is 7.54. The number of carbonyl (C=O) groups is 2. The number of ketones is 1. The lowest BCUT2D eigenvalue weighted by Crippen LogP contribution is -2.44. The standard InChI is InChI=1S/C19H22F2O3/c1-5-12-18(3,4)13-15(22)19(20,21)16(6-2)24-17(23)14-10-8-7-9-11-14/h5-11,16H,1-2,12-13H2,3-4H3. The van der Waals surface area contributed by atoms with Gasteiger partial charge >= 0.3 is 11.9 Å². The van der Waals surface area contributed by atoms with E-state index in [0.29, 0.717) is 6.42 Å². The van der Waals surface area contributed by atoms with Crippen LogP contribution in [0.5, 0.6) is 0 Å². The molecule has 1 atom stereocenters. The maximum Gasteiger partial charge on any atom is 0.344 e. The van der Waals surface area contributed by atoms with E-state index in [0.717, 1.165) is 6.08 Å². The largest absolute Gasteiger partial charge is 0.448 e. The van der Waals surface area contributed by atoms with Gasteiger partial charge in [0, 0.05) is 6.42 Å². The highest BCUT2D eigenvalue weighted by molar-refractivity contribution is 5.91. The lowest BCUT2D eigenvalue weighted by Gasteiger charge is -2.28. The number of allylic oxidation sites excluding steroid dienone is 1. The normalized spacial score (nSPS) is 13.0. The second-order valence-electron chi connectivity index (χ2n) is 6.31. The maximum absolute atomic E-state index is 14.4. The number of halogens is 2. The molecule has 0 aliphatic carbocycles. The molecule has 0 aliphatic heterocycles. The summed E-state index contributed by atoms with van der Waals surface area (Å²) in [6, 6.07) is 7.73. The predicted molar refractivity (Wildman–Crippen MR) is 89.0 cm³/mol. The van der Waals surface area contributed by atoms with Crippen molar-refractivity contribution in [3.05, 3.63) is 61.2 Å². The molecule has 3 nitrogen and oxygen atoms in total. The Morgan fingerprint density at radius 3 is 2.29 bits per heavy atom. The van der Waals surface area contributed by atoms with Gasteiger partial charge in [-0.3, -0.25) is 4.79 Å². The Bertz CT molecular complexity index is 606. The number of carbonyl (C=O) groups excluding carboxylic acids is 2. The molecule has 0 heterocycles. The van der Waals surface area contributed by atoms with E-state index in [1.807, 2.05) is 0 Å². The molecule has 0 aliphatic rings. The van der Waals surface area contributed by atoms with Crippen molar-refractivity contribution in [1.29, 1.82) is 0 Å². The van der Waals surface area contributed by atoms with Gasteiger partial charge in [-0.15, -0.1) is 6.58 Å². The number of hydrogen-bond donors (Lipinski definition) is 0. The van der Waals surface area contributed by atoms with Crippen LogP contribution in [-0.4, -0.2) is 23.8 Å². The molecule has 1 rings (SSSR count). The van der Waals surface area contributed by atoms with Crippen LogP contribution in [-0.2, 0) is 9.53 Å². The van der Waals surface area contributed by atoms with Crippen molar-refractivity contribution < 1.29 is 23.1 Å². The molecule has 1 unspecified atom stereocenters. The molecule has 0 saturated carbocycles. The van der Waals surface area contributed by atoms with Crippen molar-refractivity contribution in [1.82, 2.24) is 0 Å². The smallest absolute Gasteiger partial charge is 0.344 e. The van der Waals surface area contributed by atoms with Crippen molar-refractivity contribution in [2.75, 3.05) is 0 Å². The molecular formula is C19H22F2O3. The Hall–Kier alpha value is -2.30. The van der Waals surface area contributed by atoms with Crippen LogP contribution in [0, 0.1) is 5.41 Å². The molecule has 0 saturated heterocycles. The predicted octanol–water partition coefficient (Wildman–Crippen LogP) is 4.59. The van der Waals surface area contributed by atoms with Crippen molar-refractivity contribution in [2.45, 2.75) is 38.7 Å². The van der Waals surface area contributed by atoms with Crippen molar-refractivity contribution in [2.24, 2.45) is 5.41 Å². The first-order chi connectivity index (χ1) is 11.1. The van der Waals surface area contributed by atoms with Crippen LogP contribution < -0.4 is 0 Å². The third-order valence-electron chi connectivity index (χ3n) is 3.52. The molecular weight excluding hydrogens is 314 g/mol.